The topological polar surface area (TPSA) is 66.3 Å². The van der Waals surface area contributed by atoms with E-state index in [-0.39, 0.29) is 0 Å². The molecule has 0 aliphatic carbocycles. The summed E-state index contributed by atoms with van der Waals surface area (Å²) in [5.74, 6) is 1.38. The summed E-state index contributed by atoms with van der Waals surface area (Å²) in [5.41, 5.74) is 10.5. The highest BCUT2D eigenvalue weighted by molar-refractivity contribution is 6.11. The molecule has 7 heteroatoms. The molecule has 6 aromatic heterocycles. The van der Waals surface area contributed by atoms with Gasteiger partial charge in [0.1, 0.15) is 17.1 Å². The Morgan fingerprint density at radius 3 is 1.47 bits per heavy atom. The van der Waals surface area contributed by atoms with Crippen molar-refractivity contribution in [2.75, 3.05) is 0 Å². The van der Waals surface area contributed by atoms with Crippen LogP contribution in [0.15, 0.2) is 188 Å². The standard InChI is InChI=1S/C50H31N7/c1-2-15-32(16-3-1)40-31-46(55-41-24-8-4-17-33(41)34-18-5-9-25-42(34)55)54-48(53-40)39-21-12-28-45(56-43-26-10-6-19-35(43)37-22-13-29-51-49(37)56)47(39)57-44-27-11-7-20-36(44)38-23-14-30-52-50(38)57/h1-31H. The molecule has 7 nitrogen and oxygen atoms in total. The van der Waals surface area contributed by atoms with Gasteiger partial charge in [0.05, 0.1) is 39.1 Å². The van der Waals surface area contributed by atoms with E-state index in [1.807, 2.05) is 30.6 Å². The number of fused-ring (bicyclic) bond motifs is 9. The molecule has 0 unspecified atom stereocenters. The van der Waals surface area contributed by atoms with Crippen LogP contribution in [0.3, 0.4) is 0 Å². The predicted octanol–water partition coefficient (Wildman–Crippen LogP) is 11.9. The highest BCUT2D eigenvalue weighted by Gasteiger charge is 2.25. The van der Waals surface area contributed by atoms with Crippen molar-refractivity contribution >= 4 is 65.7 Å². The van der Waals surface area contributed by atoms with Crippen molar-refractivity contribution in [1.82, 2.24) is 33.6 Å². The molecule has 0 atom stereocenters. The van der Waals surface area contributed by atoms with Gasteiger partial charge in [-0.15, -0.1) is 0 Å². The average Bonchev–Trinajstić information content (AvgIpc) is 3.92. The predicted molar refractivity (Wildman–Crippen MR) is 232 cm³/mol. The van der Waals surface area contributed by atoms with Crippen LogP contribution >= 0.6 is 0 Å². The maximum absolute atomic E-state index is 5.54. The number of rotatable bonds is 5. The Hall–Kier alpha value is -7.90. The summed E-state index contributed by atoms with van der Waals surface area (Å²) in [6.45, 7) is 0. The summed E-state index contributed by atoms with van der Waals surface area (Å²) in [6.07, 6.45) is 3.74. The van der Waals surface area contributed by atoms with Crippen LogP contribution in [0.2, 0.25) is 0 Å². The third-order valence-corrected chi connectivity index (χ3v) is 11.2. The van der Waals surface area contributed by atoms with E-state index in [0.29, 0.717) is 5.82 Å². The van der Waals surface area contributed by atoms with E-state index in [1.165, 1.54) is 10.8 Å². The lowest BCUT2D eigenvalue weighted by Gasteiger charge is -2.20. The second kappa shape index (κ2) is 12.3. The number of para-hydroxylation sites is 5. The van der Waals surface area contributed by atoms with Crippen LogP contribution in [0.25, 0.3) is 106 Å². The van der Waals surface area contributed by atoms with Gasteiger partial charge in [-0.05, 0) is 60.7 Å². The molecule has 57 heavy (non-hydrogen) atoms. The minimum Gasteiger partial charge on any atom is -0.294 e. The fourth-order valence-electron chi connectivity index (χ4n) is 8.78. The molecule has 0 saturated carbocycles. The number of pyridine rings is 2. The molecule has 6 aromatic carbocycles. The minimum atomic E-state index is 0.598. The Morgan fingerprint density at radius 2 is 0.860 bits per heavy atom. The highest BCUT2D eigenvalue weighted by atomic mass is 15.1. The van der Waals surface area contributed by atoms with Gasteiger partial charge in [-0.3, -0.25) is 13.7 Å². The largest absolute Gasteiger partial charge is 0.294 e. The Labute approximate surface area is 326 Å². The first kappa shape index (κ1) is 31.5. The first-order chi connectivity index (χ1) is 28.3. The maximum Gasteiger partial charge on any atom is 0.164 e. The van der Waals surface area contributed by atoms with Crippen molar-refractivity contribution in [2.45, 2.75) is 0 Å². The zero-order valence-electron chi connectivity index (χ0n) is 30.5. The Balaban J connectivity index is 1.25. The van der Waals surface area contributed by atoms with Crippen molar-refractivity contribution in [2.24, 2.45) is 0 Å². The van der Waals surface area contributed by atoms with Crippen molar-refractivity contribution < 1.29 is 0 Å². The molecule has 6 heterocycles. The normalized spacial score (nSPS) is 11.9. The molecule has 0 aliphatic heterocycles. The zero-order chi connectivity index (χ0) is 37.5. The first-order valence-corrected chi connectivity index (χ1v) is 19.1. The third kappa shape index (κ3) is 4.66. The first-order valence-electron chi connectivity index (χ1n) is 19.1. The van der Waals surface area contributed by atoms with E-state index in [2.05, 4.69) is 171 Å². The van der Waals surface area contributed by atoms with Gasteiger partial charge in [0, 0.05) is 61.9 Å². The molecule has 0 amide bonds. The van der Waals surface area contributed by atoms with Crippen LogP contribution in [0, 0.1) is 0 Å². The van der Waals surface area contributed by atoms with Gasteiger partial charge < -0.3 is 0 Å². The average molecular weight is 730 g/mol. The zero-order valence-corrected chi connectivity index (χ0v) is 30.5. The van der Waals surface area contributed by atoms with E-state index >= 15 is 0 Å². The van der Waals surface area contributed by atoms with Crippen LogP contribution < -0.4 is 0 Å². The van der Waals surface area contributed by atoms with E-state index in [0.717, 1.165) is 88.9 Å². The lowest BCUT2D eigenvalue weighted by atomic mass is 10.1. The monoisotopic (exact) mass is 729 g/mol. The number of hydrogen-bond acceptors (Lipinski definition) is 4. The van der Waals surface area contributed by atoms with E-state index < -0.39 is 0 Å². The number of hydrogen-bond donors (Lipinski definition) is 0. The summed E-state index contributed by atoms with van der Waals surface area (Å²) in [4.78, 5) is 21.1. The molecule has 0 radical (unpaired) electrons. The third-order valence-electron chi connectivity index (χ3n) is 11.2. The van der Waals surface area contributed by atoms with Gasteiger partial charge in [-0.1, -0.05) is 109 Å². The van der Waals surface area contributed by atoms with Gasteiger partial charge >= 0.3 is 0 Å². The summed E-state index contributed by atoms with van der Waals surface area (Å²) in [6, 6.07) is 61.4. The summed E-state index contributed by atoms with van der Waals surface area (Å²) in [5, 5.41) is 6.75. The van der Waals surface area contributed by atoms with Crippen LogP contribution in [0.1, 0.15) is 0 Å². The lowest BCUT2D eigenvalue weighted by molar-refractivity contribution is 1.03. The fraction of sp³-hybridized carbons (Fsp3) is 0. The molecule has 0 spiro atoms. The molecule has 0 aliphatic rings. The number of benzene rings is 6. The highest BCUT2D eigenvalue weighted by Crippen LogP contribution is 2.41. The summed E-state index contributed by atoms with van der Waals surface area (Å²) in [7, 11) is 0. The van der Waals surface area contributed by atoms with Crippen LogP contribution in [0.4, 0.5) is 0 Å². The second-order valence-corrected chi connectivity index (χ2v) is 14.3. The van der Waals surface area contributed by atoms with E-state index in [4.69, 9.17) is 19.9 Å². The second-order valence-electron chi connectivity index (χ2n) is 14.3. The van der Waals surface area contributed by atoms with Crippen molar-refractivity contribution in [3.05, 3.63) is 188 Å². The van der Waals surface area contributed by atoms with Gasteiger partial charge in [0.25, 0.3) is 0 Å². The molecule has 0 N–H and O–H groups in total. The summed E-state index contributed by atoms with van der Waals surface area (Å²) >= 11 is 0. The Bertz CT molecular complexity index is 3380. The smallest absolute Gasteiger partial charge is 0.164 e. The summed E-state index contributed by atoms with van der Waals surface area (Å²) < 4.78 is 6.84. The van der Waals surface area contributed by atoms with Gasteiger partial charge in [0.2, 0.25) is 0 Å². The maximum atomic E-state index is 5.54. The van der Waals surface area contributed by atoms with Crippen LogP contribution in [-0.4, -0.2) is 33.6 Å². The van der Waals surface area contributed by atoms with Gasteiger partial charge in [-0.25, -0.2) is 19.9 Å². The van der Waals surface area contributed by atoms with E-state index in [1.54, 1.807) is 0 Å². The Morgan fingerprint density at radius 1 is 0.368 bits per heavy atom. The van der Waals surface area contributed by atoms with Crippen molar-refractivity contribution in [3.8, 4) is 39.8 Å². The molecule has 0 saturated heterocycles. The molecular formula is C50H31N7. The Kier molecular flexibility index (Phi) is 6.79. The van der Waals surface area contributed by atoms with Gasteiger partial charge in [0.15, 0.2) is 5.82 Å². The number of aromatic nitrogens is 7. The van der Waals surface area contributed by atoms with Gasteiger partial charge in [-0.2, -0.15) is 0 Å². The van der Waals surface area contributed by atoms with Crippen molar-refractivity contribution in [1.29, 1.82) is 0 Å². The fourth-order valence-corrected chi connectivity index (χ4v) is 8.78. The van der Waals surface area contributed by atoms with Crippen LogP contribution in [0.5, 0.6) is 0 Å². The quantitative estimate of drug-likeness (QED) is 0.177. The SMILES string of the molecule is c1ccc(-c2cc(-n3c4ccccc4c4ccccc43)nc(-c3cccc(-n4c5ccccc5c5cccnc54)c3-n3c4ccccc4c4cccnc43)n2)cc1. The molecule has 0 bridgehead atoms. The molecule has 266 valence electrons. The van der Waals surface area contributed by atoms with Crippen molar-refractivity contribution in [3.63, 3.8) is 0 Å². The molecule has 0 fully saturated rings. The van der Waals surface area contributed by atoms with Crippen LogP contribution in [-0.2, 0) is 0 Å². The minimum absolute atomic E-state index is 0.598. The van der Waals surface area contributed by atoms with E-state index in [9.17, 15) is 0 Å². The molecular weight excluding hydrogens is 699 g/mol. The lowest BCUT2D eigenvalue weighted by Crippen LogP contribution is -2.09. The molecule has 12 aromatic rings. The molecule has 12 rings (SSSR count). The number of nitrogens with zero attached hydrogens (tertiary/aromatic N) is 7.